The number of aromatic nitrogens is 2. The molecule has 0 fully saturated rings. The van der Waals surface area contributed by atoms with Crippen molar-refractivity contribution in [3.8, 4) is 0 Å². The zero-order chi connectivity index (χ0) is 17.0. The zero-order valence-electron chi connectivity index (χ0n) is 13.2. The molecule has 1 atom stereocenters. The molecule has 1 aromatic carbocycles. The van der Waals surface area contributed by atoms with Crippen LogP contribution in [-0.2, 0) is 22.7 Å². The Morgan fingerprint density at radius 1 is 1.43 bits per heavy atom. The van der Waals surface area contributed by atoms with Gasteiger partial charge in [-0.3, -0.25) is 4.79 Å². The lowest BCUT2D eigenvalue weighted by molar-refractivity contribution is -0.132. The van der Waals surface area contributed by atoms with Crippen LogP contribution in [0.15, 0.2) is 33.5 Å². The van der Waals surface area contributed by atoms with Crippen LogP contribution in [-0.4, -0.2) is 34.7 Å². The number of carbonyl (C=O) groups is 1. The van der Waals surface area contributed by atoms with E-state index in [0.29, 0.717) is 5.02 Å². The van der Waals surface area contributed by atoms with Crippen LogP contribution in [0.3, 0.4) is 0 Å². The van der Waals surface area contributed by atoms with Gasteiger partial charge in [0.25, 0.3) is 0 Å². The number of nitrogens with zero attached hydrogens (tertiary/aromatic N) is 3. The Balaban J connectivity index is 2.07. The van der Waals surface area contributed by atoms with Gasteiger partial charge >= 0.3 is 5.76 Å². The van der Waals surface area contributed by atoms with E-state index in [2.05, 4.69) is 5.10 Å². The first kappa shape index (κ1) is 17.2. The first-order valence-electron chi connectivity index (χ1n) is 6.99. The molecular weight excluding hydrogens is 322 g/mol. The highest BCUT2D eigenvalue weighted by Crippen LogP contribution is 2.20. The number of amides is 1. The van der Waals surface area contributed by atoms with Gasteiger partial charge < -0.3 is 14.1 Å². The summed E-state index contributed by atoms with van der Waals surface area (Å²) in [5, 5.41) is 4.55. The maximum absolute atomic E-state index is 12.3. The predicted molar refractivity (Wildman–Crippen MR) is 84.1 cm³/mol. The molecule has 0 saturated carbocycles. The lowest BCUT2D eigenvalue weighted by Gasteiger charge is -2.25. The molecule has 0 aliphatic heterocycles. The number of rotatable bonds is 6. The Hall–Kier alpha value is -2.12. The summed E-state index contributed by atoms with van der Waals surface area (Å²) in [6.45, 7) is 1.77. The van der Waals surface area contributed by atoms with Crippen molar-refractivity contribution in [1.29, 1.82) is 0 Å². The van der Waals surface area contributed by atoms with E-state index in [1.807, 2.05) is 19.1 Å². The van der Waals surface area contributed by atoms with E-state index in [1.165, 1.54) is 7.11 Å². The van der Waals surface area contributed by atoms with Gasteiger partial charge in [0.2, 0.25) is 11.8 Å². The Bertz CT molecular complexity index is 723. The number of hydrogen-bond acceptors (Lipinski definition) is 5. The van der Waals surface area contributed by atoms with Gasteiger partial charge in [-0.05, 0) is 24.6 Å². The molecule has 0 aliphatic rings. The highest BCUT2D eigenvalue weighted by Gasteiger charge is 2.20. The van der Waals surface area contributed by atoms with Gasteiger partial charge in [-0.25, -0.2) is 4.79 Å². The van der Waals surface area contributed by atoms with Crippen molar-refractivity contribution in [3.05, 3.63) is 51.3 Å². The first-order chi connectivity index (χ1) is 10.9. The average molecular weight is 340 g/mol. The molecule has 0 spiro atoms. The SMILES string of the molecule is COCc1nn(CC(=O)N(C)[C@@H](C)c2ccc(Cl)cc2)c(=O)o1. The van der Waals surface area contributed by atoms with Gasteiger partial charge in [-0.15, -0.1) is 5.10 Å². The second kappa shape index (κ2) is 7.43. The molecule has 0 aliphatic carbocycles. The number of carbonyl (C=O) groups excluding carboxylic acids is 1. The number of benzene rings is 1. The van der Waals surface area contributed by atoms with Crippen molar-refractivity contribution in [2.45, 2.75) is 26.1 Å². The molecule has 1 heterocycles. The van der Waals surface area contributed by atoms with Crippen molar-refractivity contribution < 1.29 is 13.9 Å². The standard InChI is InChI=1S/C15H18ClN3O4/c1-10(11-4-6-12(16)7-5-11)18(2)14(20)8-19-15(21)23-13(17-19)9-22-3/h4-7,10H,8-9H2,1-3H3/t10-/m0/s1. The van der Waals surface area contributed by atoms with E-state index in [0.717, 1.165) is 10.2 Å². The molecule has 0 N–H and O–H groups in total. The summed E-state index contributed by atoms with van der Waals surface area (Å²) in [6.07, 6.45) is 0. The molecule has 1 amide bonds. The third-order valence-corrected chi connectivity index (χ3v) is 3.78. The molecule has 1 aromatic heterocycles. The number of halogens is 1. The molecule has 0 saturated heterocycles. The van der Waals surface area contributed by atoms with E-state index in [9.17, 15) is 9.59 Å². The van der Waals surface area contributed by atoms with E-state index in [-0.39, 0.29) is 31.0 Å². The summed E-state index contributed by atoms with van der Waals surface area (Å²) >= 11 is 5.86. The lowest BCUT2D eigenvalue weighted by Crippen LogP contribution is -2.35. The monoisotopic (exact) mass is 339 g/mol. The van der Waals surface area contributed by atoms with Crippen LogP contribution in [0.5, 0.6) is 0 Å². The predicted octanol–water partition coefficient (Wildman–Crippen LogP) is 1.86. The first-order valence-corrected chi connectivity index (χ1v) is 7.37. The molecule has 2 aromatic rings. The van der Waals surface area contributed by atoms with Crippen molar-refractivity contribution >= 4 is 17.5 Å². The summed E-state index contributed by atoms with van der Waals surface area (Å²) in [5.41, 5.74) is 0.942. The summed E-state index contributed by atoms with van der Waals surface area (Å²) in [6, 6.07) is 7.09. The molecule has 23 heavy (non-hydrogen) atoms. The van der Waals surface area contributed by atoms with Crippen LogP contribution in [0.25, 0.3) is 0 Å². The van der Waals surface area contributed by atoms with Crippen LogP contribution < -0.4 is 5.76 Å². The Morgan fingerprint density at radius 3 is 2.70 bits per heavy atom. The molecule has 7 nitrogen and oxygen atoms in total. The summed E-state index contributed by atoms with van der Waals surface area (Å²) < 4.78 is 10.7. The topological polar surface area (TPSA) is 77.6 Å². The van der Waals surface area contributed by atoms with Crippen molar-refractivity contribution in [1.82, 2.24) is 14.7 Å². The van der Waals surface area contributed by atoms with Crippen LogP contribution in [0, 0.1) is 0 Å². The van der Waals surface area contributed by atoms with E-state index >= 15 is 0 Å². The minimum absolute atomic E-state index is 0.0768. The van der Waals surface area contributed by atoms with Gasteiger partial charge in [-0.2, -0.15) is 4.68 Å². The van der Waals surface area contributed by atoms with Gasteiger partial charge in [-0.1, -0.05) is 23.7 Å². The second-order valence-electron chi connectivity index (χ2n) is 5.08. The van der Waals surface area contributed by atoms with Gasteiger partial charge in [0.1, 0.15) is 13.2 Å². The Kier molecular flexibility index (Phi) is 5.57. The van der Waals surface area contributed by atoms with Crippen LogP contribution in [0.4, 0.5) is 0 Å². The highest BCUT2D eigenvalue weighted by atomic mass is 35.5. The molecule has 0 unspecified atom stereocenters. The number of likely N-dealkylation sites (N-methyl/N-ethyl adjacent to an activating group) is 1. The van der Waals surface area contributed by atoms with Crippen molar-refractivity contribution in [3.63, 3.8) is 0 Å². The van der Waals surface area contributed by atoms with Crippen molar-refractivity contribution in [2.24, 2.45) is 0 Å². The lowest BCUT2D eigenvalue weighted by atomic mass is 10.1. The maximum Gasteiger partial charge on any atom is 0.437 e. The summed E-state index contributed by atoms with van der Waals surface area (Å²) in [7, 11) is 3.13. The molecule has 124 valence electrons. The van der Waals surface area contributed by atoms with Crippen LogP contribution >= 0.6 is 11.6 Å². The highest BCUT2D eigenvalue weighted by molar-refractivity contribution is 6.30. The Labute approximate surface area is 138 Å². The van der Waals surface area contributed by atoms with Crippen LogP contribution in [0.1, 0.15) is 24.4 Å². The minimum atomic E-state index is -0.682. The zero-order valence-corrected chi connectivity index (χ0v) is 13.9. The third kappa shape index (κ3) is 4.20. The molecule has 0 radical (unpaired) electrons. The minimum Gasteiger partial charge on any atom is -0.390 e. The average Bonchev–Trinajstić information content (AvgIpc) is 2.86. The van der Waals surface area contributed by atoms with Gasteiger partial charge in [0.05, 0.1) is 6.04 Å². The number of ether oxygens (including phenoxy) is 1. The van der Waals surface area contributed by atoms with E-state index in [4.69, 9.17) is 20.8 Å². The molecule has 2 rings (SSSR count). The van der Waals surface area contributed by atoms with Crippen LogP contribution in [0.2, 0.25) is 5.02 Å². The quantitative estimate of drug-likeness (QED) is 0.802. The fourth-order valence-corrected chi connectivity index (χ4v) is 2.18. The van der Waals surface area contributed by atoms with Gasteiger partial charge in [0, 0.05) is 19.2 Å². The van der Waals surface area contributed by atoms with E-state index in [1.54, 1.807) is 24.1 Å². The molecule has 0 bridgehead atoms. The third-order valence-electron chi connectivity index (χ3n) is 3.53. The number of hydrogen-bond donors (Lipinski definition) is 0. The maximum atomic E-state index is 12.3. The molecule has 8 heteroatoms. The normalized spacial score (nSPS) is 12.2. The fourth-order valence-electron chi connectivity index (χ4n) is 2.05. The Morgan fingerprint density at radius 2 is 2.09 bits per heavy atom. The van der Waals surface area contributed by atoms with Crippen molar-refractivity contribution in [2.75, 3.05) is 14.2 Å². The number of methoxy groups -OCH3 is 1. The van der Waals surface area contributed by atoms with Gasteiger partial charge in [0.15, 0.2) is 0 Å². The molecular formula is C15H18ClN3O4. The van der Waals surface area contributed by atoms with E-state index < -0.39 is 5.76 Å². The smallest absolute Gasteiger partial charge is 0.390 e. The second-order valence-corrected chi connectivity index (χ2v) is 5.52. The summed E-state index contributed by atoms with van der Waals surface area (Å²) in [4.78, 5) is 25.5. The summed E-state index contributed by atoms with van der Waals surface area (Å²) in [5.74, 6) is -0.802. The fraction of sp³-hybridized carbons (Fsp3) is 0.400. The largest absolute Gasteiger partial charge is 0.437 e.